The van der Waals surface area contributed by atoms with Crippen LogP contribution in [0, 0.1) is 0 Å². The fourth-order valence-corrected chi connectivity index (χ4v) is 3.46. The van der Waals surface area contributed by atoms with E-state index in [1.807, 2.05) is 29.2 Å². The Morgan fingerprint density at radius 2 is 2.00 bits per heavy atom. The molecule has 0 bridgehead atoms. The number of carboxylic acids is 1. The minimum Gasteiger partial charge on any atom is -0.490 e. The summed E-state index contributed by atoms with van der Waals surface area (Å²) in [6.07, 6.45) is 4.62. The van der Waals surface area contributed by atoms with E-state index >= 15 is 0 Å². The average Bonchev–Trinajstić information content (AvgIpc) is 3.11. The molecule has 2 fully saturated rings. The quantitative estimate of drug-likeness (QED) is 0.871. The van der Waals surface area contributed by atoms with Crippen LogP contribution in [0.2, 0.25) is 0 Å². The zero-order valence-electron chi connectivity index (χ0n) is 12.6. The smallest absolute Gasteiger partial charge is 0.321 e. The van der Waals surface area contributed by atoms with E-state index in [-0.39, 0.29) is 6.10 Å². The molecule has 2 N–H and O–H groups in total. The van der Waals surface area contributed by atoms with E-state index in [4.69, 9.17) is 4.74 Å². The van der Waals surface area contributed by atoms with Crippen molar-refractivity contribution < 1.29 is 19.7 Å². The van der Waals surface area contributed by atoms with Gasteiger partial charge in [0.15, 0.2) is 0 Å². The lowest BCUT2D eigenvalue weighted by atomic mass is 10.1. The van der Waals surface area contributed by atoms with Gasteiger partial charge in [0, 0.05) is 25.1 Å². The van der Waals surface area contributed by atoms with Crippen LogP contribution in [0.1, 0.15) is 37.7 Å². The van der Waals surface area contributed by atoms with Crippen molar-refractivity contribution in [3.8, 4) is 5.75 Å². The maximum absolute atomic E-state index is 11.3. The van der Waals surface area contributed by atoms with Crippen molar-refractivity contribution in [2.75, 3.05) is 6.54 Å². The zero-order valence-corrected chi connectivity index (χ0v) is 12.6. The molecule has 22 heavy (non-hydrogen) atoms. The third-order valence-corrected chi connectivity index (χ3v) is 4.61. The summed E-state index contributed by atoms with van der Waals surface area (Å²) in [7, 11) is 0. The van der Waals surface area contributed by atoms with Gasteiger partial charge in [-0.05, 0) is 31.7 Å². The summed E-state index contributed by atoms with van der Waals surface area (Å²) >= 11 is 0. The van der Waals surface area contributed by atoms with Gasteiger partial charge in [0.1, 0.15) is 11.8 Å². The molecule has 2 atom stereocenters. The Labute approximate surface area is 130 Å². The van der Waals surface area contributed by atoms with Crippen LogP contribution in [0.3, 0.4) is 0 Å². The Morgan fingerprint density at radius 3 is 2.73 bits per heavy atom. The van der Waals surface area contributed by atoms with Crippen LogP contribution in [-0.4, -0.2) is 45.9 Å². The van der Waals surface area contributed by atoms with Crippen molar-refractivity contribution >= 4 is 5.97 Å². The largest absolute Gasteiger partial charge is 0.490 e. The lowest BCUT2D eigenvalue weighted by Gasteiger charge is -2.23. The Morgan fingerprint density at radius 1 is 1.27 bits per heavy atom. The zero-order chi connectivity index (χ0) is 15.5. The molecule has 1 heterocycles. The first kappa shape index (κ1) is 15.3. The number of para-hydroxylation sites is 1. The predicted molar refractivity (Wildman–Crippen MR) is 81.8 cm³/mol. The highest BCUT2D eigenvalue weighted by Gasteiger charge is 2.36. The standard InChI is InChI=1S/C17H23NO4/c19-13-9-15(17(20)21)18(11-13)10-12-5-1-4-8-16(12)22-14-6-2-3-7-14/h1,4-5,8,13-15,19H,2-3,6-7,9-11H2,(H,20,21)/t13-,15+/m1/s1. The van der Waals surface area contributed by atoms with Gasteiger partial charge in [0.2, 0.25) is 0 Å². The number of hydrogen-bond donors (Lipinski definition) is 2. The molecule has 0 spiro atoms. The number of nitrogens with zero attached hydrogens (tertiary/aromatic N) is 1. The van der Waals surface area contributed by atoms with Crippen molar-refractivity contribution in [1.29, 1.82) is 0 Å². The molecule has 5 nitrogen and oxygen atoms in total. The summed E-state index contributed by atoms with van der Waals surface area (Å²) in [6.45, 7) is 0.894. The lowest BCUT2D eigenvalue weighted by Crippen LogP contribution is -2.35. The molecule has 1 aromatic rings. The van der Waals surface area contributed by atoms with Gasteiger partial charge in [-0.1, -0.05) is 18.2 Å². The minimum atomic E-state index is -0.870. The van der Waals surface area contributed by atoms with Crippen molar-refractivity contribution in [3.05, 3.63) is 29.8 Å². The molecule has 1 saturated heterocycles. The second-order valence-corrected chi connectivity index (χ2v) is 6.31. The van der Waals surface area contributed by atoms with Gasteiger partial charge >= 0.3 is 5.97 Å². The fraction of sp³-hybridized carbons (Fsp3) is 0.588. The van der Waals surface area contributed by atoms with Crippen LogP contribution < -0.4 is 4.74 Å². The van der Waals surface area contributed by atoms with Crippen LogP contribution in [0.4, 0.5) is 0 Å². The number of benzene rings is 1. The number of β-amino-alcohol motifs (C(OH)–C–C–N with tert-alkyl or cyclic N) is 1. The van der Waals surface area contributed by atoms with Gasteiger partial charge in [-0.25, -0.2) is 0 Å². The monoisotopic (exact) mass is 305 g/mol. The number of aliphatic hydroxyl groups excluding tert-OH is 1. The van der Waals surface area contributed by atoms with E-state index < -0.39 is 18.1 Å². The van der Waals surface area contributed by atoms with Gasteiger partial charge in [-0.3, -0.25) is 9.69 Å². The molecular formula is C17H23NO4. The topological polar surface area (TPSA) is 70.0 Å². The molecule has 0 aromatic heterocycles. The first-order valence-electron chi connectivity index (χ1n) is 8.03. The first-order chi connectivity index (χ1) is 10.6. The number of aliphatic hydroxyl groups is 1. The Bertz CT molecular complexity index is 527. The predicted octanol–water partition coefficient (Wildman–Crippen LogP) is 2.03. The Kier molecular flexibility index (Phi) is 4.64. The number of hydrogen-bond acceptors (Lipinski definition) is 4. The summed E-state index contributed by atoms with van der Waals surface area (Å²) in [5.41, 5.74) is 0.995. The molecule has 3 rings (SSSR count). The van der Waals surface area contributed by atoms with Crippen molar-refractivity contribution in [3.63, 3.8) is 0 Å². The molecule has 1 saturated carbocycles. The van der Waals surface area contributed by atoms with Crippen LogP contribution in [0.5, 0.6) is 5.75 Å². The van der Waals surface area contributed by atoms with Crippen LogP contribution in [-0.2, 0) is 11.3 Å². The molecule has 1 aromatic carbocycles. The third-order valence-electron chi connectivity index (χ3n) is 4.61. The second-order valence-electron chi connectivity index (χ2n) is 6.31. The molecular weight excluding hydrogens is 282 g/mol. The normalized spacial score (nSPS) is 26.4. The molecule has 1 aliphatic carbocycles. The molecule has 0 amide bonds. The highest BCUT2D eigenvalue weighted by Crippen LogP contribution is 2.29. The Balaban J connectivity index is 1.72. The van der Waals surface area contributed by atoms with Gasteiger partial charge < -0.3 is 14.9 Å². The van der Waals surface area contributed by atoms with E-state index in [0.717, 1.165) is 24.2 Å². The lowest BCUT2D eigenvalue weighted by molar-refractivity contribution is -0.142. The maximum atomic E-state index is 11.3. The summed E-state index contributed by atoms with van der Waals surface area (Å²) in [5, 5.41) is 19.1. The SMILES string of the molecule is O=C(O)[C@@H]1C[C@@H](O)CN1Cc1ccccc1OC1CCCC1. The van der Waals surface area contributed by atoms with Gasteiger partial charge in [0.05, 0.1) is 12.2 Å². The third kappa shape index (κ3) is 3.42. The van der Waals surface area contributed by atoms with E-state index in [1.54, 1.807) is 0 Å². The number of carbonyl (C=O) groups is 1. The Hall–Kier alpha value is -1.59. The van der Waals surface area contributed by atoms with Gasteiger partial charge in [-0.2, -0.15) is 0 Å². The number of ether oxygens (including phenoxy) is 1. The highest BCUT2D eigenvalue weighted by atomic mass is 16.5. The molecule has 5 heteroatoms. The van der Waals surface area contributed by atoms with Crippen LogP contribution >= 0.6 is 0 Å². The van der Waals surface area contributed by atoms with E-state index in [1.165, 1.54) is 12.8 Å². The summed E-state index contributed by atoms with van der Waals surface area (Å²) in [6, 6.07) is 7.21. The van der Waals surface area contributed by atoms with Crippen molar-refractivity contribution in [1.82, 2.24) is 4.90 Å². The molecule has 120 valence electrons. The summed E-state index contributed by atoms with van der Waals surface area (Å²) < 4.78 is 6.10. The van der Waals surface area contributed by atoms with Crippen LogP contribution in [0.25, 0.3) is 0 Å². The van der Waals surface area contributed by atoms with Crippen molar-refractivity contribution in [2.45, 2.75) is 56.9 Å². The maximum Gasteiger partial charge on any atom is 0.321 e. The number of likely N-dealkylation sites (tertiary alicyclic amines) is 1. The highest BCUT2D eigenvalue weighted by molar-refractivity contribution is 5.74. The molecule has 0 radical (unpaired) electrons. The average molecular weight is 305 g/mol. The summed E-state index contributed by atoms with van der Waals surface area (Å²) in [5.74, 6) is -0.0225. The number of rotatable bonds is 5. The van der Waals surface area contributed by atoms with E-state index in [0.29, 0.717) is 19.5 Å². The van der Waals surface area contributed by atoms with Crippen LogP contribution in [0.15, 0.2) is 24.3 Å². The van der Waals surface area contributed by atoms with Crippen molar-refractivity contribution in [2.24, 2.45) is 0 Å². The number of aliphatic carboxylic acids is 1. The molecule has 2 aliphatic rings. The first-order valence-corrected chi connectivity index (χ1v) is 8.03. The summed E-state index contributed by atoms with van der Waals surface area (Å²) in [4.78, 5) is 13.2. The molecule has 0 unspecified atom stereocenters. The van der Waals surface area contributed by atoms with E-state index in [2.05, 4.69) is 0 Å². The van der Waals surface area contributed by atoms with E-state index in [9.17, 15) is 15.0 Å². The minimum absolute atomic E-state index is 0.278. The van der Waals surface area contributed by atoms with Gasteiger partial charge in [-0.15, -0.1) is 0 Å². The fourth-order valence-electron chi connectivity index (χ4n) is 3.46. The second kappa shape index (κ2) is 6.67. The molecule has 1 aliphatic heterocycles. The van der Waals surface area contributed by atoms with Gasteiger partial charge in [0.25, 0.3) is 0 Å². The number of carboxylic acid groups (broad SMARTS) is 1.